The Morgan fingerprint density at radius 2 is 2.11 bits per heavy atom. The van der Waals surface area contributed by atoms with Gasteiger partial charge in [-0.15, -0.1) is 0 Å². The number of thioether (sulfide) groups is 1. The van der Waals surface area contributed by atoms with Crippen LogP contribution in [0.3, 0.4) is 0 Å². The lowest BCUT2D eigenvalue weighted by Crippen LogP contribution is -2.02. The molecule has 92 valence electrons. The van der Waals surface area contributed by atoms with Crippen molar-refractivity contribution in [1.82, 2.24) is 9.97 Å². The fraction of sp³-hybridized carbons (Fsp3) is 0.167. The SMILES string of the molecule is Nc1nc(-c2ccc(Cl)c(Br)c2)nc2c1CSC2. The molecular formula is C12H9BrClN3S. The van der Waals surface area contributed by atoms with Gasteiger partial charge in [-0.3, -0.25) is 0 Å². The van der Waals surface area contributed by atoms with Gasteiger partial charge in [0.1, 0.15) is 5.82 Å². The number of nitrogen functional groups attached to an aromatic ring is 1. The van der Waals surface area contributed by atoms with E-state index in [4.69, 9.17) is 17.3 Å². The summed E-state index contributed by atoms with van der Waals surface area (Å²) in [6.45, 7) is 0. The number of halogens is 2. The quantitative estimate of drug-likeness (QED) is 0.854. The minimum absolute atomic E-state index is 0.589. The maximum atomic E-state index is 5.98. The molecule has 0 unspecified atom stereocenters. The molecule has 0 fully saturated rings. The van der Waals surface area contributed by atoms with Gasteiger partial charge >= 0.3 is 0 Å². The Hall–Kier alpha value is -0.780. The van der Waals surface area contributed by atoms with Gasteiger partial charge in [-0.1, -0.05) is 11.6 Å². The van der Waals surface area contributed by atoms with Gasteiger partial charge in [0.15, 0.2) is 5.82 Å². The number of nitrogens with zero attached hydrogens (tertiary/aromatic N) is 2. The van der Waals surface area contributed by atoms with Crippen molar-refractivity contribution in [3.63, 3.8) is 0 Å². The van der Waals surface area contributed by atoms with Crippen molar-refractivity contribution in [2.75, 3.05) is 5.73 Å². The van der Waals surface area contributed by atoms with E-state index >= 15 is 0 Å². The number of nitrogens with two attached hydrogens (primary N) is 1. The molecule has 0 saturated heterocycles. The van der Waals surface area contributed by atoms with E-state index in [1.54, 1.807) is 0 Å². The van der Waals surface area contributed by atoms with Gasteiger partial charge in [0.25, 0.3) is 0 Å². The van der Waals surface area contributed by atoms with Gasteiger partial charge in [0, 0.05) is 27.1 Å². The van der Waals surface area contributed by atoms with Crippen LogP contribution < -0.4 is 5.73 Å². The zero-order valence-electron chi connectivity index (χ0n) is 9.28. The summed E-state index contributed by atoms with van der Waals surface area (Å²) in [5.41, 5.74) is 9.02. The van der Waals surface area contributed by atoms with Gasteiger partial charge < -0.3 is 5.73 Å². The first-order valence-corrected chi connectivity index (χ1v) is 7.66. The van der Waals surface area contributed by atoms with Crippen molar-refractivity contribution < 1.29 is 0 Å². The molecule has 2 heterocycles. The molecule has 3 nitrogen and oxygen atoms in total. The molecule has 1 aromatic carbocycles. The lowest BCUT2D eigenvalue weighted by molar-refractivity contribution is 1.08. The highest BCUT2D eigenvalue weighted by molar-refractivity contribution is 9.10. The predicted molar refractivity (Wildman–Crippen MR) is 79.6 cm³/mol. The normalized spacial score (nSPS) is 13.7. The minimum Gasteiger partial charge on any atom is -0.383 e. The topological polar surface area (TPSA) is 51.8 Å². The van der Waals surface area contributed by atoms with E-state index in [1.165, 1.54) is 0 Å². The highest BCUT2D eigenvalue weighted by Crippen LogP contribution is 2.34. The largest absolute Gasteiger partial charge is 0.383 e. The highest BCUT2D eigenvalue weighted by atomic mass is 79.9. The third kappa shape index (κ3) is 2.11. The van der Waals surface area contributed by atoms with Gasteiger partial charge in [0.2, 0.25) is 0 Å². The summed E-state index contributed by atoms with van der Waals surface area (Å²) in [6, 6.07) is 5.63. The van der Waals surface area contributed by atoms with Crippen LogP contribution in [-0.2, 0) is 11.5 Å². The van der Waals surface area contributed by atoms with Crippen LogP contribution in [0, 0.1) is 0 Å². The standard InChI is InChI=1S/C12H9BrClN3S/c13-8-3-6(1-2-9(8)14)12-16-10-5-18-4-7(10)11(15)17-12/h1-3H,4-5H2,(H2,15,16,17). The average molecular weight is 343 g/mol. The Morgan fingerprint density at radius 1 is 1.28 bits per heavy atom. The Balaban J connectivity index is 2.12. The molecule has 2 aromatic rings. The number of rotatable bonds is 1. The van der Waals surface area contributed by atoms with Crippen molar-refractivity contribution in [2.24, 2.45) is 0 Å². The van der Waals surface area contributed by atoms with Crippen molar-refractivity contribution in [3.05, 3.63) is 39.0 Å². The fourth-order valence-electron chi connectivity index (χ4n) is 1.84. The highest BCUT2D eigenvalue weighted by Gasteiger charge is 2.18. The molecule has 3 rings (SSSR count). The number of aromatic nitrogens is 2. The van der Waals surface area contributed by atoms with Crippen LogP contribution in [-0.4, -0.2) is 9.97 Å². The maximum Gasteiger partial charge on any atom is 0.161 e. The Morgan fingerprint density at radius 3 is 2.89 bits per heavy atom. The second-order valence-electron chi connectivity index (χ2n) is 3.98. The lowest BCUT2D eigenvalue weighted by atomic mass is 10.2. The van der Waals surface area contributed by atoms with Gasteiger partial charge in [-0.05, 0) is 34.1 Å². The van der Waals surface area contributed by atoms with Crippen molar-refractivity contribution in [3.8, 4) is 11.4 Å². The van der Waals surface area contributed by atoms with Gasteiger partial charge in [-0.2, -0.15) is 11.8 Å². The van der Waals surface area contributed by atoms with E-state index in [9.17, 15) is 0 Å². The molecule has 0 atom stereocenters. The fourth-order valence-corrected chi connectivity index (χ4v) is 3.39. The van der Waals surface area contributed by atoms with Crippen LogP contribution in [0.25, 0.3) is 11.4 Å². The zero-order chi connectivity index (χ0) is 12.7. The Bertz CT molecular complexity index is 633. The first-order valence-electron chi connectivity index (χ1n) is 5.33. The summed E-state index contributed by atoms with van der Waals surface area (Å²) in [6.07, 6.45) is 0. The van der Waals surface area contributed by atoms with Crippen LogP contribution in [0.15, 0.2) is 22.7 Å². The summed E-state index contributed by atoms with van der Waals surface area (Å²) >= 11 is 11.2. The van der Waals surface area contributed by atoms with Crippen LogP contribution in [0.4, 0.5) is 5.82 Å². The molecule has 0 bridgehead atoms. The molecule has 18 heavy (non-hydrogen) atoms. The van der Waals surface area contributed by atoms with Gasteiger partial charge in [0.05, 0.1) is 10.7 Å². The summed E-state index contributed by atoms with van der Waals surface area (Å²) in [5, 5.41) is 0.670. The second-order valence-corrected chi connectivity index (χ2v) is 6.23. The van der Waals surface area contributed by atoms with Crippen molar-refractivity contribution in [1.29, 1.82) is 0 Å². The summed E-state index contributed by atoms with van der Waals surface area (Å²) in [5.74, 6) is 3.06. The summed E-state index contributed by atoms with van der Waals surface area (Å²) < 4.78 is 0.832. The van der Waals surface area contributed by atoms with Crippen molar-refractivity contribution >= 4 is 45.1 Å². The van der Waals surface area contributed by atoms with Gasteiger partial charge in [-0.25, -0.2) is 9.97 Å². The predicted octanol–water partition coefficient (Wildman–Crippen LogP) is 3.89. The molecular weight excluding hydrogens is 334 g/mol. The third-order valence-corrected chi connectivity index (χ3v) is 4.97. The maximum absolute atomic E-state index is 5.98. The first-order chi connectivity index (χ1) is 8.65. The number of anilines is 1. The summed E-state index contributed by atoms with van der Waals surface area (Å²) in [7, 11) is 0. The number of fused-ring (bicyclic) bond motifs is 1. The smallest absolute Gasteiger partial charge is 0.161 e. The third-order valence-electron chi connectivity index (χ3n) is 2.79. The molecule has 0 saturated carbocycles. The number of hydrogen-bond donors (Lipinski definition) is 1. The molecule has 0 radical (unpaired) electrons. The molecule has 0 aliphatic carbocycles. The number of hydrogen-bond acceptors (Lipinski definition) is 4. The van der Waals surface area contributed by atoms with E-state index < -0.39 is 0 Å². The zero-order valence-corrected chi connectivity index (χ0v) is 12.4. The minimum atomic E-state index is 0.589. The monoisotopic (exact) mass is 341 g/mol. The van der Waals surface area contributed by atoms with Crippen LogP contribution in [0.1, 0.15) is 11.3 Å². The number of benzene rings is 1. The Labute approximate surface area is 122 Å². The second kappa shape index (κ2) is 4.72. The molecule has 2 N–H and O–H groups in total. The molecule has 6 heteroatoms. The van der Waals surface area contributed by atoms with E-state index in [0.717, 1.165) is 32.8 Å². The molecule has 1 aliphatic heterocycles. The summed E-state index contributed by atoms with van der Waals surface area (Å²) in [4.78, 5) is 8.95. The molecule has 1 aromatic heterocycles. The van der Waals surface area contributed by atoms with Crippen LogP contribution >= 0.6 is 39.3 Å². The van der Waals surface area contributed by atoms with Crippen molar-refractivity contribution in [2.45, 2.75) is 11.5 Å². The van der Waals surface area contributed by atoms with E-state index in [1.807, 2.05) is 30.0 Å². The van der Waals surface area contributed by atoms with Crippen LogP contribution in [0.5, 0.6) is 0 Å². The van der Waals surface area contributed by atoms with E-state index in [0.29, 0.717) is 16.7 Å². The van der Waals surface area contributed by atoms with Crippen LogP contribution in [0.2, 0.25) is 5.02 Å². The molecule has 0 spiro atoms. The molecule has 0 amide bonds. The molecule has 1 aliphatic rings. The van der Waals surface area contributed by atoms with E-state index in [2.05, 4.69) is 25.9 Å². The van der Waals surface area contributed by atoms with E-state index in [-0.39, 0.29) is 0 Å². The average Bonchev–Trinajstić information content (AvgIpc) is 2.81. The first kappa shape index (κ1) is 12.3. The Kier molecular flexibility index (Phi) is 3.21. The lowest BCUT2D eigenvalue weighted by Gasteiger charge is -2.07.